The quantitative estimate of drug-likeness (QED) is 0.205. The summed E-state index contributed by atoms with van der Waals surface area (Å²) in [4.78, 5) is 11.3. The van der Waals surface area contributed by atoms with Gasteiger partial charge in [0.1, 0.15) is 16.0 Å². The third-order valence-electron chi connectivity index (χ3n) is 8.82. The first-order valence-electron chi connectivity index (χ1n) is 15.0. The molecule has 0 aliphatic rings. The van der Waals surface area contributed by atoms with Gasteiger partial charge in [-0.1, -0.05) is 97.1 Å². The molecule has 0 amide bonds. The number of rotatable bonds is 3. The highest BCUT2D eigenvalue weighted by Crippen LogP contribution is 2.43. The first-order chi connectivity index (χ1) is 22.3. The van der Waals surface area contributed by atoms with Crippen LogP contribution in [0.25, 0.3) is 92.4 Å². The van der Waals surface area contributed by atoms with Crippen molar-refractivity contribution in [3.8, 4) is 28.3 Å². The minimum Gasteiger partial charge on any atom is -0.456 e. The highest BCUT2D eigenvalue weighted by Gasteiger charge is 2.21. The molecule has 0 unspecified atom stereocenters. The van der Waals surface area contributed by atoms with Crippen LogP contribution in [0.1, 0.15) is 0 Å². The molecule has 0 bridgehead atoms. The fourth-order valence-corrected chi connectivity index (χ4v) is 7.95. The predicted molar refractivity (Wildman–Crippen MR) is 187 cm³/mol. The van der Waals surface area contributed by atoms with Gasteiger partial charge in [-0.2, -0.15) is 0 Å². The first-order valence-corrected chi connectivity index (χ1v) is 15.8. The van der Waals surface area contributed by atoms with E-state index in [-0.39, 0.29) is 0 Å². The van der Waals surface area contributed by atoms with Crippen LogP contribution < -0.4 is 0 Å². The molecule has 4 heterocycles. The van der Waals surface area contributed by atoms with Gasteiger partial charge in [0, 0.05) is 48.4 Å². The lowest BCUT2D eigenvalue weighted by Crippen LogP contribution is -1.97. The number of aromatic nitrogens is 3. The van der Waals surface area contributed by atoms with Crippen LogP contribution in [0.3, 0.4) is 0 Å². The third kappa shape index (κ3) is 3.59. The molecule has 4 nitrogen and oxygen atoms in total. The number of hydrogen-bond acceptors (Lipinski definition) is 4. The summed E-state index contributed by atoms with van der Waals surface area (Å²) in [5.74, 6) is 0.735. The van der Waals surface area contributed by atoms with E-state index in [1.54, 1.807) is 11.3 Å². The molecule has 10 rings (SSSR count). The molecule has 0 saturated heterocycles. The summed E-state index contributed by atoms with van der Waals surface area (Å²) in [6.45, 7) is 0. The van der Waals surface area contributed by atoms with Crippen LogP contribution in [0.4, 0.5) is 0 Å². The summed E-state index contributed by atoms with van der Waals surface area (Å²) in [6, 6.07) is 48.8. The topological polar surface area (TPSA) is 43.9 Å². The van der Waals surface area contributed by atoms with Gasteiger partial charge >= 0.3 is 0 Å². The largest absolute Gasteiger partial charge is 0.456 e. The third-order valence-corrected chi connectivity index (χ3v) is 9.89. The summed E-state index contributed by atoms with van der Waals surface area (Å²) < 4.78 is 9.95. The van der Waals surface area contributed by atoms with E-state index in [4.69, 9.17) is 14.4 Å². The molecule has 0 aliphatic carbocycles. The molecule has 0 atom stereocenters. The number of thiophene rings is 1. The average molecular weight is 594 g/mol. The molecule has 45 heavy (non-hydrogen) atoms. The monoisotopic (exact) mass is 593 g/mol. The molecule has 210 valence electrons. The molecule has 6 aromatic carbocycles. The predicted octanol–water partition coefficient (Wildman–Crippen LogP) is 11.2. The summed E-state index contributed by atoms with van der Waals surface area (Å²) in [5.41, 5.74) is 8.16. The first kappa shape index (κ1) is 24.6. The van der Waals surface area contributed by atoms with E-state index >= 15 is 0 Å². The van der Waals surface area contributed by atoms with Gasteiger partial charge in [-0.25, -0.2) is 9.97 Å². The maximum atomic E-state index is 6.35. The fourth-order valence-electron chi connectivity index (χ4n) is 6.87. The zero-order valence-corrected chi connectivity index (χ0v) is 24.8. The van der Waals surface area contributed by atoms with Crippen molar-refractivity contribution in [2.24, 2.45) is 0 Å². The van der Waals surface area contributed by atoms with Gasteiger partial charge in [-0.3, -0.25) is 0 Å². The molecule has 0 fully saturated rings. The Morgan fingerprint density at radius 2 is 1.29 bits per heavy atom. The van der Waals surface area contributed by atoms with Crippen LogP contribution in [0, 0.1) is 0 Å². The Morgan fingerprint density at radius 3 is 2.20 bits per heavy atom. The molecular weight excluding hydrogens is 571 g/mol. The second-order valence-corrected chi connectivity index (χ2v) is 12.4. The Balaban J connectivity index is 1.30. The van der Waals surface area contributed by atoms with Crippen molar-refractivity contribution >= 4 is 75.4 Å². The molecule has 5 heteroatoms. The number of benzene rings is 6. The number of para-hydroxylation sites is 2. The van der Waals surface area contributed by atoms with Crippen LogP contribution in [0.2, 0.25) is 0 Å². The number of hydrogen-bond donors (Lipinski definition) is 0. The standard InChI is InChI=1S/C40H23N3OS/c1-2-11-24(12-3-1)39-41-37(36-30-17-6-9-20-34(30)45-40(36)42-39)25-13-10-14-26(23-25)43-31-18-7-4-15-27(31)28-21-22-33-35(38(28)43)29-16-5-8-19-32(29)44-33/h1-23H. The maximum absolute atomic E-state index is 6.35. The highest BCUT2D eigenvalue weighted by molar-refractivity contribution is 7.25. The molecule has 10 aromatic rings. The highest BCUT2D eigenvalue weighted by atomic mass is 32.1. The molecule has 0 saturated carbocycles. The van der Waals surface area contributed by atoms with Gasteiger partial charge in [0.2, 0.25) is 0 Å². The zero-order valence-electron chi connectivity index (χ0n) is 23.9. The fraction of sp³-hybridized carbons (Fsp3) is 0. The summed E-state index contributed by atoms with van der Waals surface area (Å²) >= 11 is 1.72. The lowest BCUT2D eigenvalue weighted by molar-refractivity contribution is 0.669. The average Bonchev–Trinajstić information content (AvgIpc) is 3.77. The molecule has 0 radical (unpaired) electrons. The van der Waals surface area contributed by atoms with Crippen molar-refractivity contribution in [3.05, 3.63) is 140 Å². The van der Waals surface area contributed by atoms with Crippen molar-refractivity contribution in [1.82, 2.24) is 14.5 Å². The number of furan rings is 1. The van der Waals surface area contributed by atoms with Gasteiger partial charge in [-0.15, -0.1) is 11.3 Å². The SMILES string of the molecule is c1ccc(-c2nc(-c3cccc(-n4c5ccccc5c5ccc6oc7ccccc7c6c54)c3)c3c(n2)sc2ccccc23)cc1. The van der Waals surface area contributed by atoms with Crippen LogP contribution in [-0.4, -0.2) is 14.5 Å². The van der Waals surface area contributed by atoms with E-state index < -0.39 is 0 Å². The van der Waals surface area contributed by atoms with Crippen molar-refractivity contribution in [2.45, 2.75) is 0 Å². The summed E-state index contributed by atoms with van der Waals surface area (Å²) in [7, 11) is 0. The van der Waals surface area contributed by atoms with E-state index in [1.807, 2.05) is 30.3 Å². The van der Waals surface area contributed by atoms with Crippen molar-refractivity contribution in [3.63, 3.8) is 0 Å². The second kappa shape index (κ2) is 9.36. The molecule has 0 N–H and O–H groups in total. The molecular formula is C40H23N3OS. The van der Waals surface area contributed by atoms with Crippen molar-refractivity contribution < 1.29 is 4.42 Å². The van der Waals surface area contributed by atoms with Crippen molar-refractivity contribution in [1.29, 1.82) is 0 Å². The van der Waals surface area contributed by atoms with E-state index in [1.165, 1.54) is 20.9 Å². The van der Waals surface area contributed by atoms with E-state index in [0.717, 1.165) is 71.5 Å². The minimum atomic E-state index is 0.735. The minimum absolute atomic E-state index is 0.735. The molecule has 4 aromatic heterocycles. The Hall–Kier alpha value is -5.78. The van der Waals surface area contributed by atoms with Crippen LogP contribution >= 0.6 is 11.3 Å². The van der Waals surface area contributed by atoms with Gasteiger partial charge in [0.25, 0.3) is 0 Å². The van der Waals surface area contributed by atoms with E-state index in [2.05, 4.69) is 114 Å². The number of fused-ring (bicyclic) bond motifs is 10. The Labute approximate surface area is 261 Å². The second-order valence-electron chi connectivity index (χ2n) is 11.4. The van der Waals surface area contributed by atoms with E-state index in [9.17, 15) is 0 Å². The maximum Gasteiger partial charge on any atom is 0.161 e. The van der Waals surface area contributed by atoms with E-state index in [0.29, 0.717) is 0 Å². The van der Waals surface area contributed by atoms with Crippen LogP contribution in [0.5, 0.6) is 0 Å². The Kier molecular flexibility index (Phi) is 5.12. The summed E-state index contributed by atoms with van der Waals surface area (Å²) in [6.07, 6.45) is 0. The van der Waals surface area contributed by atoms with Gasteiger partial charge < -0.3 is 8.98 Å². The van der Waals surface area contributed by atoms with Crippen LogP contribution in [-0.2, 0) is 0 Å². The van der Waals surface area contributed by atoms with Gasteiger partial charge in [0.15, 0.2) is 5.82 Å². The lowest BCUT2D eigenvalue weighted by atomic mass is 10.0. The zero-order chi connectivity index (χ0) is 29.5. The molecule has 0 spiro atoms. The normalized spacial score (nSPS) is 12.0. The van der Waals surface area contributed by atoms with Crippen molar-refractivity contribution in [2.75, 3.05) is 0 Å². The van der Waals surface area contributed by atoms with Gasteiger partial charge in [0.05, 0.1) is 22.1 Å². The summed E-state index contributed by atoms with van der Waals surface area (Å²) in [5, 5.41) is 6.94. The number of nitrogens with zero attached hydrogens (tertiary/aromatic N) is 3. The Morgan fingerprint density at radius 1 is 0.533 bits per heavy atom. The molecule has 0 aliphatic heterocycles. The van der Waals surface area contributed by atoms with Gasteiger partial charge in [-0.05, 0) is 42.5 Å². The lowest BCUT2D eigenvalue weighted by Gasteiger charge is -2.12. The Bertz CT molecular complexity index is 2770. The van der Waals surface area contributed by atoms with Crippen LogP contribution in [0.15, 0.2) is 144 Å². The smallest absolute Gasteiger partial charge is 0.161 e.